The van der Waals surface area contributed by atoms with Crippen LogP contribution in [0.2, 0.25) is 0 Å². The van der Waals surface area contributed by atoms with Gasteiger partial charge in [0.2, 0.25) is 0 Å². The van der Waals surface area contributed by atoms with Crippen LogP contribution >= 0.6 is 15.9 Å². The van der Waals surface area contributed by atoms with E-state index in [1.54, 1.807) is 6.07 Å². The predicted molar refractivity (Wildman–Crippen MR) is 46.4 cm³/mol. The van der Waals surface area contributed by atoms with Gasteiger partial charge in [-0.05, 0) is 28.9 Å². The largest absolute Gasteiger partial charge is 0.397 e. The average Bonchev–Trinajstić information content (AvgIpc) is 1.94. The quantitative estimate of drug-likeness (QED) is 0.572. The van der Waals surface area contributed by atoms with Crippen LogP contribution in [0.1, 0.15) is 17.3 Å². The number of rotatable bonds is 1. The van der Waals surface area contributed by atoms with Crippen LogP contribution in [0, 0.1) is 0 Å². The molecule has 0 fully saturated rings. The molecule has 58 valence electrons. The van der Waals surface area contributed by atoms with Crippen molar-refractivity contribution in [3.63, 3.8) is 0 Å². The molecule has 0 saturated heterocycles. The average molecular weight is 215 g/mol. The summed E-state index contributed by atoms with van der Waals surface area (Å²) in [5, 5.41) is 0. The van der Waals surface area contributed by atoms with Crippen LogP contribution in [0.15, 0.2) is 16.9 Å². The molecule has 0 bridgehead atoms. The molecule has 0 spiro atoms. The van der Waals surface area contributed by atoms with Gasteiger partial charge in [-0.2, -0.15) is 0 Å². The van der Waals surface area contributed by atoms with E-state index in [9.17, 15) is 4.79 Å². The number of Topliss-reactive ketones (excluding diaryl/α,β-unsaturated/α-hetero) is 1. The minimum absolute atomic E-state index is 0.0504. The van der Waals surface area contributed by atoms with Crippen LogP contribution in [-0.4, -0.2) is 10.8 Å². The number of pyridine rings is 1. The van der Waals surface area contributed by atoms with Crippen molar-refractivity contribution in [2.45, 2.75) is 6.92 Å². The molecule has 0 aliphatic carbocycles. The minimum Gasteiger partial charge on any atom is -0.397 e. The van der Waals surface area contributed by atoms with Gasteiger partial charge in [0.15, 0.2) is 5.78 Å². The Morgan fingerprint density at radius 3 is 2.82 bits per heavy atom. The first-order valence-corrected chi connectivity index (χ1v) is 3.82. The third kappa shape index (κ3) is 1.77. The Hall–Kier alpha value is -0.900. The van der Waals surface area contributed by atoms with Gasteiger partial charge in [-0.15, -0.1) is 0 Å². The summed E-state index contributed by atoms with van der Waals surface area (Å²) in [4.78, 5) is 14.8. The number of anilines is 1. The SMILES string of the molecule is CC(=O)c1cc(Br)ncc1N. The second-order valence-electron chi connectivity index (χ2n) is 2.15. The first-order chi connectivity index (χ1) is 5.11. The van der Waals surface area contributed by atoms with Crippen LogP contribution in [-0.2, 0) is 0 Å². The van der Waals surface area contributed by atoms with Gasteiger partial charge in [0.1, 0.15) is 4.60 Å². The number of carbonyl (C=O) groups is 1. The summed E-state index contributed by atoms with van der Waals surface area (Å²) >= 11 is 3.15. The van der Waals surface area contributed by atoms with Crippen molar-refractivity contribution in [3.8, 4) is 0 Å². The third-order valence-corrected chi connectivity index (χ3v) is 1.71. The zero-order valence-corrected chi connectivity index (χ0v) is 7.55. The first kappa shape index (κ1) is 8.20. The molecular formula is C7H7BrN2O. The highest BCUT2D eigenvalue weighted by Crippen LogP contribution is 2.15. The third-order valence-electron chi connectivity index (χ3n) is 1.28. The van der Waals surface area contributed by atoms with Crippen LogP contribution < -0.4 is 5.73 Å². The topological polar surface area (TPSA) is 56.0 Å². The number of nitrogens with two attached hydrogens (primary N) is 1. The van der Waals surface area contributed by atoms with Gasteiger partial charge in [-0.25, -0.2) is 4.98 Å². The number of halogens is 1. The van der Waals surface area contributed by atoms with E-state index in [-0.39, 0.29) is 5.78 Å². The lowest BCUT2D eigenvalue weighted by atomic mass is 10.2. The fourth-order valence-electron chi connectivity index (χ4n) is 0.745. The molecule has 4 heteroatoms. The molecule has 0 aliphatic heterocycles. The van der Waals surface area contributed by atoms with E-state index < -0.39 is 0 Å². The van der Waals surface area contributed by atoms with Crippen molar-refractivity contribution in [2.75, 3.05) is 5.73 Å². The lowest BCUT2D eigenvalue weighted by Gasteiger charge is -1.99. The van der Waals surface area contributed by atoms with Gasteiger partial charge < -0.3 is 5.73 Å². The zero-order valence-electron chi connectivity index (χ0n) is 5.97. The summed E-state index contributed by atoms with van der Waals surface area (Å²) in [6.07, 6.45) is 1.46. The number of aromatic nitrogens is 1. The van der Waals surface area contributed by atoms with Crippen molar-refractivity contribution in [3.05, 3.63) is 22.4 Å². The van der Waals surface area contributed by atoms with Crippen LogP contribution in [0.25, 0.3) is 0 Å². The molecular weight excluding hydrogens is 208 g/mol. The standard InChI is InChI=1S/C7H7BrN2O/c1-4(11)5-2-7(8)10-3-6(5)9/h2-3H,9H2,1H3. The van der Waals surface area contributed by atoms with Crippen LogP contribution in [0.4, 0.5) is 5.69 Å². The molecule has 1 aromatic rings. The van der Waals surface area contributed by atoms with Gasteiger partial charge >= 0.3 is 0 Å². The fraction of sp³-hybridized carbons (Fsp3) is 0.143. The summed E-state index contributed by atoms with van der Waals surface area (Å²) in [5.74, 6) is -0.0504. The monoisotopic (exact) mass is 214 g/mol. The van der Waals surface area contributed by atoms with Gasteiger partial charge in [-0.1, -0.05) is 0 Å². The van der Waals surface area contributed by atoms with Gasteiger partial charge in [0, 0.05) is 5.56 Å². The molecule has 0 aliphatic rings. The van der Waals surface area contributed by atoms with Crippen molar-refractivity contribution in [1.29, 1.82) is 0 Å². The van der Waals surface area contributed by atoms with E-state index in [4.69, 9.17) is 5.73 Å². The summed E-state index contributed by atoms with van der Waals surface area (Å²) in [7, 11) is 0. The van der Waals surface area contributed by atoms with Gasteiger partial charge in [-0.3, -0.25) is 4.79 Å². The Morgan fingerprint density at radius 2 is 2.36 bits per heavy atom. The van der Waals surface area contributed by atoms with E-state index in [1.807, 2.05) is 0 Å². The second kappa shape index (κ2) is 3.00. The van der Waals surface area contributed by atoms with E-state index in [0.29, 0.717) is 15.9 Å². The first-order valence-electron chi connectivity index (χ1n) is 3.03. The lowest BCUT2D eigenvalue weighted by Crippen LogP contribution is -2.00. The molecule has 2 N–H and O–H groups in total. The number of nitrogen functional groups attached to an aromatic ring is 1. The number of hydrogen-bond acceptors (Lipinski definition) is 3. The molecule has 0 aromatic carbocycles. The number of ketones is 1. The highest BCUT2D eigenvalue weighted by atomic mass is 79.9. The molecule has 0 saturated carbocycles. The van der Waals surface area contributed by atoms with E-state index in [2.05, 4.69) is 20.9 Å². The van der Waals surface area contributed by atoms with Crippen molar-refractivity contribution < 1.29 is 4.79 Å². The normalized spacial score (nSPS) is 9.64. The molecule has 0 unspecified atom stereocenters. The Morgan fingerprint density at radius 1 is 1.73 bits per heavy atom. The molecule has 0 radical (unpaired) electrons. The van der Waals surface area contributed by atoms with Crippen molar-refractivity contribution in [1.82, 2.24) is 4.98 Å². The highest BCUT2D eigenvalue weighted by Gasteiger charge is 2.04. The van der Waals surface area contributed by atoms with Gasteiger partial charge in [0.05, 0.1) is 11.9 Å². The van der Waals surface area contributed by atoms with E-state index >= 15 is 0 Å². The molecule has 0 amide bonds. The predicted octanol–water partition coefficient (Wildman–Crippen LogP) is 1.63. The Balaban J connectivity index is 3.23. The zero-order chi connectivity index (χ0) is 8.43. The molecule has 1 heterocycles. The van der Waals surface area contributed by atoms with Crippen molar-refractivity contribution >= 4 is 27.4 Å². The molecule has 1 rings (SSSR count). The van der Waals surface area contributed by atoms with E-state index in [0.717, 1.165) is 0 Å². The van der Waals surface area contributed by atoms with Crippen molar-refractivity contribution in [2.24, 2.45) is 0 Å². The molecule has 0 atom stereocenters. The Kier molecular flexibility index (Phi) is 2.24. The smallest absolute Gasteiger partial charge is 0.162 e. The number of nitrogens with zero attached hydrogens (tertiary/aromatic N) is 1. The Labute approximate surface area is 72.7 Å². The second-order valence-corrected chi connectivity index (χ2v) is 2.96. The molecule has 1 aromatic heterocycles. The van der Waals surface area contributed by atoms with Crippen LogP contribution in [0.3, 0.4) is 0 Å². The maximum atomic E-state index is 10.9. The number of carbonyl (C=O) groups excluding carboxylic acids is 1. The van der Waals surface area contributed by atoms with Gasteiger partial charge in [0.25, 0.3) is 0 Å². The molecule has 11 heavy (non-hydrogen) atoms. The summed E-state index contributed by atoms with van der Waals surface area (Å²) in [6, 6.07) is 1.61. The fourth-order valence-corrected chi connectivity index (χ4v) is 1.08. The summed E-state index contributed by atoms with van der Waals surface area (Å²) in [5.41, 5.74) is 6.41. The number of hydrogen-bond donors (Lipinski definition) is 1. The molecule has 3 nitrogen and oxygen atoms in total. The minimum atomic E-state index is -0.0504. The van der Waals surface area contributed by atoms with E-state index in [1.165, 1.54) is 13.1 Å². The summed E-state index contributed by atoms with van der Waals surface area (Å²) in [6.45, 7) is 1.47. The summed E-state index contributed by atoms with van der Waals surface area (Å²) < 4.78 is 0.622. The highest BCUT2D eigenvalue weighted by molar-refractivity contribution is 9.10. The Bertz CT molecular complexity index is 298. The lowest BCUT2D eigenvalue weighted by molar-refractivity contribution is 0.101. The maximum Gasteiger partial charge on any atom is 0.162 e. The maximum absolute atomic E-state index is 10.9. The van der Waals surface area contributed by atoms with Crippen LogP contribution in [0.5, 0.6) is 0 Å².